The second-order valence-electron chi connectivity index (χ2n) is 7.39. The zero-order chi connectivity index (χ0) is 22.0. The van der Waals surface area contributed by atoms with Crippen LogP contribution in [0.5, 0.6) is 5.75 Å². The predicted octanol–water partition coefficient (Wildman–Crippen LogP) is 3.96. The molecule has 8 nitrogen and oxygen atoms in total. The van der Waals surface area contributed by atoms with Gasteiger partial charge in [0.2, 0.25) is 0 Å². The summed E-state index contributed by atoms with van der Waals surface area (Å²) < 4.78 is 8.73. The van der Waals surface area contributed by atoms with Gasteiger partial charge in [-0.15, -0.1) is 0 Å². The molecule has 0 saturated carbocycles. The average molecular weight is 410 g/mol. The lowest BCUT2D eigenvalue weighted by atomic mass is 10.1. The van der Waals surface area contributed by atoms with Crippen LogP contribution in [0.3, 0.4) is 0 Å². The van der Waals surface area contributed by atoms with Gasteiger partial charge >= 0.3 is 5.69 Å². The van der Waals surface area contributed by atoms with Crippen LogP contribution in [0.1, 0.15) is 38.7 Å². The highest BCUT2D eigenvalue weighted by Crippen LogP contribution is 2.23. The monoisotopic (exact) mass is 410 g/mol. The van der Waals surface area contributed by atoms with Gasteiger partial charge < -0.3 is 9.30 Å². The van der Waals surface area contributed by atoms with Crippen LogP contribution in [0.15, 0.2) is 30.3 Å². The van der Waals surface area contributed by atoms with E-state index in [2.05, 4.69) is 9.67 Å². The summed E-state index contributed by atoms with van der Waals surface area (Å²) in [4.78, 5) is 23.7. The maximum absolute atomic E-state index is 12.9. The van der Waals surface area contributed by atoms with Gasteiger partial charge in [0.15, 0.2) is 5.78 Å². The van der Waals surface area contributed by atoms with E-state index in [4.69, 9.17) is 4.74 Å². The van der Waals surface area contributed by atoms with Gasteiger partial charge in [-0.25, -0.2) is 0 Å². The number of Topliss-reactive ketones (excluding diaryl/α,β-unsaturated/α-hetero) is 1. The highest BCUT2D eigenvalue weighted by Gasteiger charge is 2.24. The van der Waals surface area contributed by atoms with E-state index in [1.807, 2.05) is 44.2 Å². The number of aryl methyl sites for hydroxylation is 3. The van der Waals surface area contributed by atoms with Gasteiger partial charge in [0.25, 0.3) is 0 Å². The summed E-state index contributed by atoms with van der Waals surface area (Å²) in [6.45, 7) is 7.83. The fraction of sp³-hybridized carbons (Fsp3) is 0.364. The summed E-state index contributed by atoms with van der Waals surface area (Å²) in [7, 11) is 1.64. The normalized spacial score (nSPS) is 11.0. The fourth-order valence-corrected chi connectivity index (χ4v) is 3.79. The average Bonchev–Trinajstić information content (AvgIpc) is 3.15. The van der Waals surface area contributed by atoms with Crippen molar-refractivity contribution in [2.45, 2.75) is 47.2 Å². The molecule has 0 atom stereocenters. The second-order valence-corrected chi connectivity index (χ2v) is 7.39. The number of rotatable bonds is 8. The van der Waals surface area contributed by atoms with E-state index in [1.165, 1.54) is 10.2 Å². The minimum atomic E-state index is -0.455. The molecule has 0 amide bonds. The van der Waals surface area contributed by atoms with Gasteiger partial charge in [0.1, 0.15) is 23.7 Å². The summed E-state index contributed by atoms with van der Waals surface area (Å²) in [6, 6.07) is 9.83. The third-order valence-electron chi connectivity index (χ3n) is 5.48. The lowest BCUT2D eigenvalue weighted by molar-refractivity contribution is -0.386. The van der Waals surface area contributed by atoms with Crippen LogP contribution >= 0.6 is 0 Å². The number of hydrogen-bond donors (Lipinski definition) is 0. The van der Waals surface area contributed by atoms with Crippen LogP contribution in [0, 0.1) is 37.8 Å². The molecule has 0 spiro atoms. The molecule has 158 valence electrons. The smallest absolute Gasteiger partial charge is 0.312 e. The molecule has 0 saturated heterocycles. The molecule has 0 bridgehead atoms. The van der Waals surface area contributed by atoms with Crippen molar-refractivity contribution in [3.63, 3.8) is 0 Å². The Hall–Kier alpha value is -3.42. The summed E-state index contributed by atoms with van der Waals surface area (Å²) in [5.74, 6) is 0.712. The Kier molecular flexibility index (Phi) is 6.05. The van der Waals surface area contributed by atoms with Crippen LogP contribution in [0.4, 0.5) is 5.69 Å². The first-order valence-electron chi connectivity index (χ1n) is 9.74. The Balaban J connectivity index is 1.76. The maximum Gasteiger partial charge on any atom is 0.312 e. The Morgan fingerprint density at radius 2 is 1.80 bits per heavy atom. The largest absolute Gasteiger partial charge is 0.497 e. The molecular weight excluding hydrogens is 384 g/mol. The van der Waals surface area contributed by atoms with Crippen molar-refractivity contribution in [3.05, 3.63) is 74.3 Å². The van der Waals surface area contributed by atoms with E-state index in [1.54, 1.807) is 21.0 Å². The summed E-state index contributed by atoms with van der Waals surface area (Å²) in [6.07, 6.45) is 0.831. The molecule has 3 rings (SSSR count). The highest BCUT2D eigenvalue weighted by atomic mass is 16.6. The summed E-state index contributed by atoms with van der Waals surface area (Å²) >= 11 is 0. The minimum absolute atomic E-state index is 0.0245. The number of carbonyl (C=O) groups is 1. The summed E-state index contributed by atoms with van der Waals surface area (Å²) in [5, 5.41) is 15.4. The van der Waals surface area contributed by atoms with Crippen LogP contribution in [0.2, 0.25) is 0 Å². The standard InChI is InChI=1S/C22H26N4O4/c1-14-12-20(21(27)13-25-17(4)22(26(28)29)15(2)23-25)16(3)24(14)11-10-18-6-8-19(30-5)9-7-18/h6-9,12H,10-11,13H2,1-5H3. The lowest BCUT2D eigenvalue weighted by Gasteiger charge is -2.10. The molecule has 0 aliphatic heterocycles. The molecule has 0 aliphatic carbocycles. The van der Waals surface area contributed by atoms with Crippen molar-refractivity contribution in [1.29, 1.82) is 0 Å². The van der Waals surface area contributed by atoms with E-state index < -0.39 is 4.92 Å². The molecule has 3 aromatic rings. The van der Waals surface area contributed by atoms with Crippen molar-refractivity contribution < 1.29 is 14.5 Å². The molecule has 1 aromatic carbocycles. The number of methoxy groups -OCH3 is 1. The van der Waals surface area contributed by atoms with E-state index in [9.17, 15) is 14.9 Å². The Labute approximate surface area is 175 Å². The fourth-order valence-electron chi connectivity index (χ4n) is 3.79. The van der Waals surface area contributed by atoms with Crippen molar-refractivity contribution in [1.82, 2.24) is 14.3 Å². The lowest BCUT2D eigenvalue weighted by Crippen LogP contribution is -2.14. The first-order chi connectivity index (χ1) is 14.2. The van der Waals surface area contributed by atoms with Crippen LogP contribution in [-0.2, 0) is 19.5 Å². The molecule has 8 heteroatoms. The first-order valence-corrected chi connectivity index (χ1v) is 9.74. The minimum Gasteiger partial charge on any atom is -0.497 e. The zero-order valence-corrected chi connectivity index (χ0v) is 17.9. The van der Waals surface area contributed by atoms with Gasteiger partial charge in [-0.05, 0) is 57.9 Å². The predicted molar refractivity (Wildman–Crippen MR) is 113 cm³/mol. The number of benzene rings is 1. The van der Waals surface area contributed by atoms with Crippen molar-refractivity contribution in [2.24, 2.45) is 0 Å². The van der Waals surface area contributed by atoms with Gasteiger partial charge in [0.05, 0.1) is 12.0 Å². The topological polar surface area (TPSA) is 92.2 Å². The molecule has 2 heterocycles. The van der Waals surface area contributed by atoms with Crippen LogP contribution in [-0.4, -0.2) is 32.2 Å². The quantitative estimate of drug-likeness (QED) is 0.318. The van der Waals surface area contributed by atoms with Crippen LogP contribution < -0.4 is 4.74 Å². The molecule has 30 heavy (non-hydrogen) atoms. The van der Waals surface area contributed by atoms with Crippen LogP contribution in [0.25, 0.3) is 0 Å². The second kappa shape index (κ2) is 8.52. The van der Waals surface area contributed by atoms with Gasteiger partial charge in [-0.3, -0.25) is 19.6 Å². The number of aromatic nitrogens is 3. The Morgan fingerprint density at radius 3 is 2.37 bits per heavy atom. The molecule has 0 unspecified atom stereocenters. The Bertz CT molecular complexity index is 1090. The van der Waals surface area contributed by atoms with E-state index in [-0.39, 0.29) is 18.0 Å². The van der Waals surface area contributed by atoms with E-state index in [0.29, 0.717) is 17.0 Å². The number of nitrogens with zero attached hydrogens (tertiary/aromatic N) is 4. The molecule has 0 fully saturated rings. The third kappa shape index (κ3) is 4.12. The third-order valence-corrected chi connectivity index (χ3v) is 5.48. The van der Waals surface area contributed by atoms with Gasteiger partial charge in [0, 0.05) is 23.5 Å². The maximum atomic E-state index is 12.9. The highest BCUT2D eigenvalue weighted by molar-refractivity contribution is 5.97. The van der Waals surface area contributed by atoms with Gasteiger partial charge in [-0.2, -0.15) is 5.10 Å². The van der Waals surface area contributed by atoms with Crippen molar-refractivity contribution in [2.75, 3.05) is 7.11 Å². The number of nitro groups is 1. The zero-order valence-electron chi connectivity index (χ0n) is 17.9. The van der Waals surface area contributed by atoms with Gasteiger partial charge in [-0.1, -0.05) is 12.1 Å². The van der Waals surface area contributed by atoms with E-state index >= 15 is 0 Å². The van der Waals surface area contributed by atoms with E-state index in [0.717, 1.165) is 30.1 Å². The number of hydrogen-bond acceptors (Lipinski definition) is 5. The Morgan fingerprint density at radius 1 is 1.13 bits per heavy atom. The molecule has 0 aliphatic rings. The molecule has 2 aromatic heterocycles. The molecular formula is C22H26N4O4. The van der Waals surface area contributed by atoms with Crippen molar-refractivity contribution >= 4 is 11.5 Å². The molecule has 0 N–H and O–H groups in total. The first kappa shape index (κ1) is 21.3. The SMILES string of the molecule is COc1ccc(CCn2c(C)cc(C(=O)Cn3nc(C)c([N+](=O)[O-])c3C)c2C)cc1. The number of carbonyl (C=O) groups excluding carboxylic acids is 1. The molecule has 0 radical (unpaired) electrons. The number of ketones is 1. The number of ether oxygens (including phenoxy) is 1. The summed E-state index contributed by atoms with van der Waals surface area (Å²) in [5.41, 5.74) is 4.37. The van der Waals surface area contributed by atoms with Crippen molar-refractivity contribution in [3.8, 4) is 5.75 Å².